The van der Waals surface area contributed by atoms with E-state index in [4.69, 9.17) is 20.9 Å². The monoisotopic (exact) mass is 673 g/mol. The van der Waals surface area contributed by atoms with Gasteiger partial charge in [0.25, 0.3) is 5.91 Å². The standard InChI is InChI=1S/C34H43N9O6/c1-6-39-27(15-22(2)35)33(47)40-21-42(30-25(37-3)16-23(20-45)17-28(30)48-5)11-7-8-12-43-31-26(41-34(43)38-4)18-24(32(36)46)19-29(31)49-14-10-9-13-44/h7-8,13,15-20H,3,6,9-12,14,21,35H2,1-2,4-5H3,(H2,36,46)(H,38,41)(H,40,47)/b8-7+,22-15-,39-27?. The van der Waals surface area contributed by atoms with Gasteiger partial charge in [-0.1, -0.05) is 12.2 Å². The number of nitrogens with one attached hydrogen (secondary N) is 2. The van der Waals surface area contributed by atoms with E-state index in [1.807, 2.05) is 23.6 Å². The number of nitrogens with zero attached hydrogens (tertiary/aromatic N) is 5. The zero-order chi connectivity index (χ0) is 35.9. The first kappa shape index (κ1) is 37.5. The van der Waals surface area contributed by atoms with Crippen molar-refractivity contribution in [2.75, 3.05) is 50.7 Å². The summed E-state index contributed by atoms with van der Waals surface area (Å²) in [7, 11) is 3.20. The highest BCUT2D eigenvalue weighted by molar-refractivity contribution is 6.43. The molecule has 15 nitrogen and oxygen atoms in total. The average molecular weight is 674 g/mol. The third-order valence-corrected chi connectivity index (χ3v) is 7.09. The number of fused-ring (bicyclic) bond motifs is 1. The van der Waals surface area contributed by atoms with Crippen LogP contribution in [0.1, 0.15) is 47.4 Å². The zero-order valence-corrected chi connectivity index (χ0v) is 28.2. The van der Waals surface area contributed by atoms with Crippen LogP contribution in [0.4, 0.5) is 17.3 Å². The van der Waals surface area contributed by atoms with Gasteiger partial charge in [-0.2, -0.15) is 0 Å². The minimum absolute atomic E-state index is 0.00707. The lowest BCUT2D eigenvalue weighted by Gasteiger charge is -2.27. The Labute approximate surface area is 284 Å². The number of anilines is 2. The maximum atomic E-state index is 13.1. The summed E-state index contributed by atoms with van der Waals surface area (Å²) >= 11 is 0. The predicted octanol–water partition coefficient (Wildman–Crippen LogP) is 3.15. The first-order chi connectivity index (χ1) is 23.6. The molecule has 0 unspecified atom stereocenters. The number of carbonyl (C=O) groups excluding carboxylic acids is 4. The van der Waals surface area contributed by atoms with Crippen molar-refractivity contribution in [3.8, 4) is 11.5 Å². The molecule has 15 heteroatoms. The van der Waals surface area contributed by atoms with E-state index in [2.05, 4.69) is 32.3 Å². The molecule has 1 aromatic heterocycles. The number of aliphatic imine (C=N–C) groups is 2. The molecule has 0 saturated heterocycles. The number of allylic oxidation sites excluding steroid dienone is 2. The maximum absolute atomic E-state index is 13.1. The van der Waals surface area contributed by atoms with Crippen LogP contribution >= 0.6 is 0 Å². The number of aromatic nitrogens is 2. The first-order valence-corrected chi connectivity index (χ1v) is 15.5. The molecule has 0 atom stereocenters. The van der Waals surface area contributed by atoms with E-state index in [9.17, 15) is 19.2 Å². The Kier molecular flexibility index (Phi) is 14.0. The van der Waals surface area contributed by atoms with Crippen LogP contribution in [0.2, 0.25) is 0 Å². The number of hydrogen-bond donors (Lipinski definition) is 4. The molecule has 260 valence electrons. The normalized spacial score (nSPS) is 11.8. The van der Waals surface area contributed by atoms with Crippen LogP contribution in [-0.2, 0) is 16.1 Å². The van der Waals surface area contributed by atoms with E-state index in [-0.39, 0.29) is 31.1 Å². The van der Waals surface area contributed by atoms with Crippen LogP contribution in [0.15, 0.2) is 58.2 Å². The molecular formula is C34H43N9O6. The van der Waals surface area contributed by atoms with Gasteiger partial charge in [-0.25, -0.2) is 4.98 Å². The summed E-state index contributed by atoms with van der Waals surface area (Å²) in [4.78, 5) is 62.4. The number of hydrogen-bond acceptors (Lipinski definition) is 12. The van der Waals surface area contributed by atoms with E-state index >= 15 is 0 Å². The summed E-state index contributed by atoms with van der Waals surface area (Å²) in [5.41, 5.74) is 14.6. The number of rotatable bonds is 20. The molecule has 0 aliphatic heterocycles. The fraction of sp³-hybridized carbons (Fsp3) is 0.324. The number of aldehydes is 2. The lowest BCUT2D eigenvalue weighted by molar-refractivity contribution is -0.114. The molecular weight excluding hydrogens is 630 g/mol. The maximum Gasteiger partial charge on any atom is 0.270 e. The molecule has 3 rings (SSSR count). The molecule has 3 aromatic rings. The van der Waals surface area contributed by atoms with E-state index in [1.54, 1.807) is 43.1 Å². The largest absolute Gasteiger partial charge is 0.494 e. The minimum Gasteiger partial charge on any atom is -0.494 e. The van der Waals surface area contributed by atoms with Gasteiger partial charge in [0.05, 0.1) is 31.6 Å². The Morgan fingerprint density at radius 2 is 1.92 bits per heavy atom. The quantitative estimate of drug-likeness (QED) is 0.0453. The van der Waals surface area contributed by atoms with Gasteiger partial charge < -0.3 is 45.8 Å². The predicted molar refractivity (Wildman–Crippen MR) is 192 cm³/mol. The molecule has 0 fully saturated rings. The molecule has 0 aliphatic rings. The number of nitrogens with two attached hydrogens (primary N) is 2. The van der Waals surface area contributed by atoms with Crippen LogP contribution in [0.25, 0.3) is 11.0 Å². The number of benzene rings is 2. The Hall–Kier alpha value is -5.99. The molecule has 2 amide bonds. The topological polar surface area (TPSA) is 209 Å². The third-order valence-electron chi connectivity index (χ3n) is 7.09. The van der Waals surface area contributed by atoms with Crippen LogP contribution in [0.5, 0.6) is 11.5 Å². The summed E-state index contributed by atoms with van der Waals surface area (Å²) in [5.74, 6) is 0.209. The minimum atomic E-state index is -0.625. The Morgan fingerprint density at radius 3 is 2.53 bits per heavy atom. The summed E-state index contributed by atoms with van der Waals surface area (Å²) in [6.07, 6.45) is 7.61. The van der Waals surface area contributed by atoms with E-state index < -0.39 is 11.8 Å². The number of unbranched alkanes of at least 4 members (excludes halogenated alkanes) is 1. The smallest absolute Gasteiger partial charge is 0.270 e. The second-order valence-corrected chi connectivity index (χ2v) is 10.6. The first-order valence-electron chi connectivity index (χ1n) is 15.5. The summed E-state index contributed by atoms with van der Waals surface area (Å²) in [6, 6.07) is 6.31. The van der Waals surface area contributed by atoms with Gasteiger partial charge in [0.15, 0.2) is 0 Å². The highest BCUT2D eigenvalue weighted by Crippen LogP contribution is 2.39. The second-order valence-electron chi connectivity index (χ2n) is 10.6. The van der Waals surface area contributed by atoms with Crippen LogP contribution in [-0.4, -0.2) is 86.9 Å². The summed E-state index contributed by atoms with van der Waals surface area (Å²) in [6.45, 7) is 8.38. The second kappa shape index (κ2) is 18.4. The van der Waals surface area contributed by atoms with Gasteiger partial charge in [0, 0.05) is 49.9 Å². The fourth-order valence-corrected chi connectivity index (χ4v) is 4.92. The Bertz CT molecular complexity index is 1770. The molecule has 0 spiro atoms. The lowest BCUT2D eigenvalue weighted by Crippen LogP contribution is -2.41. The number of amides is 2. The molecule has 0 bridgehead atoms. The summed E-state index contributed by atoms with van der Waals surface area (Å²) in [5, 5.41) is 5.96. The van der Waals surface area contributed by atoms with E-state index in [1.165, 1.54) is 13.2 Å². The van der Waals surface area contributed by atoms with Gasteiger partial charge in [-0.15, -0.1) is 0 Å². The molecule has 49 heavy (non-hydrogen) atoms. The van der Waals surface area contributed by atoms with Crippen LogP contribution in [0, 0.1) is 0 Å². The number of imidazole rings is 1. The van der Waals surface area contributed by atoms with E-state index in [0.717, 1.165) is 6.29 Å². The Balaban J connectivity index is 2.01. The van der Waals surface area contributed by atoms with Crippen molar-refractivity contribution < 1.29 is 28.7 Å². The summed E-state index contributed by atoms with van der Waals surface area (Å²) < 4.78 is 13.5. The highest BCUT2D eigenvalue weighted by atomic mass is 16.5. The number of ether oxygens (including phenoxy) is 2. The zero-order valence-electron chi connectivity index (χ0n) is 28.2. The van der Waals surface area contributed by atoms with Crippen LogP contribution < -0.4 is 36.5 Å². The lowest BCUT2D eigenvalue weighted by atomic mass is 10.1. The average Bonchev–Trinajstić information content (AvgIpc) is 3.46. The molecule has 0 saturated carbocycles. The van der Waals surface area contributed by atoms with Crippen molar-refractivity contribution in [3.05, 3.63) is 59.3 Å². The molecule has 6 N–H and O–H groups in total. The van der Waals surface area contributed by atoms with Crippen molar-refractivity contribution in [1.29, 1.82) is 0 Å². The van der Waals surface area contributed by atoms with Gasteiger partial charge in [0.1, 0.15) is 41.0 Å². The number of primary amides is 1. The molecule has 0 radical (unpaired) electrons. The Morgan fingerprint density at radius 1 is 1.14 bits per heavy atom. The molecule has 2 aromatic carbocycles. The van der Waals surface area contributed by atoms with Crippen molar-refractivity contribution in [3.63, 3.8) is 0 Å². The third kappa shape index (κ3) is 9.76. The number of carbonyl (C=O) groups is 4. The van der Waals surface area contributed by atoms with Crippen molar-refractivity contribution in [1.82, 2.24) is 14.9 Å². The molecule has 1 heterocycles. The van der Waals surface area contributed by atoms with Gasteiger partial charge in [0.2, 0.25) is 11.9 Å². The SMILES string of the molecule is C=Nc1cc(C=O)cc(OC)c1N(C/C=C/Cn1c(NC)nc2cc(C(N)=O)cc(OCCCC=O)c21)CNC(=O)C(/C=C(/C)N)=NCC. The van der Waals surface area contributed by atoms with Crippen molar-refractivity contribution in [2.45, 2.75) is 33.2 Å². The fourth-order valence-electron chi connectivity index (χ4n) is 4.92. The number of methoxy groups -OCH3 is 1. The van der Waals surface area contributed by atoms with E-state index in [0.29, 0.717) is 83.3 Å². The van der Waals surface area contributed by atoms with Gasteiger partial charge in [-0.05, 0) is 57.3 Å². The van der Waals surface area contributed by atoms with Crippen LogP contribution in [0.3, 0.4) is 0 Å². The van der Waals surface area contributed by atoms with Crippen molar-refractivity contribution in [2.24, 2.45) is 21.5 Å². The van der Waals surface area contributed by atoms with Crippen molar-refractivity contribution >= 4 is 65.2 Å². The van der Waals surface area contributed by atoms with Gasteiger partial charge in [-0.3, -0.25) is 24.4 Å². The van der Waals surface area contributed by atoms with Gasteiger partial charge >= 0.3 is 0 Å². The highest BCUT2D eigenvalue weighted by Gasteiger charge is 2.20. The molecule has 0 aliphatic carbocycles.